The van der Waals surface area contributed by atoms with Gasteiger partial charge in [0, 0.05) is 349 Å². The minimum absolute atomic E-state index is 0. The van der Waals surface area contributed by atoms with Crippen molar-refractivity contribution in [2.45, 2.75) is 66.8 Å². The molecule has 0 amide bonds. The first kappa shape index (κ1) is 464. The Bertz CT molecular complexity index is 165. The maximum atomic E-state index is 0. The van der Waals surface area contributed by atoms with Gasteiger partial charge in [0.2, 0.25) is 0 Å². The first-order valence-corrected chi connectivity index (χ1v) is 0. The molecular formula is C9H97F3I3K4P5S6V2Y9. The molecule has 0 bridgehead atoms. The van der Waals surface area contributed by atoms with Gasteiger partial charge in [0.15, 0.2) is 0 Å². The third kappa shape index (κ3) is 429. The smallest absolute Gasteiger partial charge is 1.00 e. The van der Waals surface area contributed by atoms with E-state index in [1.54, 1.807) is 0 Å². The molecule has 0 saturated carbocycles. The van der Waals surface area contributed by atoms with Gasteiger partial charge in [-0.25, -0.2) is 0 Å². The molecule has 0 rings (SSSR count). The van der Waals surface area contributed by atoms with Crippen LogP contribution in [0.2, 0.25) is 0 Å². The Morgan fingerprint density at radius 2 is 0.268 bits per heavy atom. The number of rotatable bonds is 0. The van der Waals surface area contributed by atoms with E-state index in [-0.39, 0.29) is 843 Å². The summed E-state index contributed by atoms with van der Waals surface area (Å²) in [6.07, 6.45) is 0. The second-order valence-corrected chi connectivity index (χ2v) is 0. The van der Waals surface area contributed by atoms with Crippen LogP contribution < -0.4 is 206 Å². The van der Waals surface area contributed by atoms with Crippen molar-refractivity contribution < 1.29 is 574 Å². The van der Waals surface area contributed by atoms with Gasteiger partial charge >= 0.3 is 206 Å². The third-order valence-corrected chi connectivity index (χ3v) is 0. The van der Waals surface area contributed by atoms with Crippen LogP contribution in [0.5, 0.6) is 0 Å². The van der Waals surface area contributed by atoms with E-state index < -0.39 is 0 Å². The molecule has 0 aromatic rings. The van der Waals surface area contributed by atoms with Gasteiger partial charge in [-0.2, -0.15) is 130 Å². The Morgan fingerprint density at radius 1 is 0.268 bits per heavy atom. The van der Waals surface area contributed by atoms with Crippen molar-refractivity contribution >= 4 is 202 Å². The minimum atomic E-state index is 0. The molecule has 0 aliphatic rings. The van der Waals surface area contributed by atoms with Crippen LogP contribution in [-0.2, 0) is 331 Å². The van der Waals surface area contributed by atoms with Crippen molar-refractivity contribution in [1.29, 1.82) is 0 Å². The average Bonchev–Trinajstić information content (AvgIpc) is 0. The second-order valence-electron chi connectivity index (χ2n) is 0. The summed E-state index contributed by atoms with van der Waals surface area (Å²) in [5, 5.41) is 0. The Kier molecular flexibility index (Phi) is 5020. The van der Waals surface area contributed by atoms with Gasteiger partial charge in [-0.3, -0.25) is 14.1 Å². The van der Waals surface area contributed by atoms with Crippen LogP contribution in [0.15, 0.2) is 0 Å². The van der Waals surface area contributed by atoms with Gasteiger partial charge in [0.25, 0.3) is 0 Å². The van der Waals surface area contributed by atoms with Gasteiger partial charge in [-0.05, 0) is 0 Å². The van der Waals surface area contributed by atoms with Crippen LogP contribution in [0.25, 0.3) is 0 Å². The zero-order valence-electron chi connectivity index (χ0n) is 23.1. The van der Waals surface area contributed by atoms with Gasteiger partial charge in [-0.15, -0.1) is 71.9 Å². The third-order valence-electron chi connectivity index (χ3n) is 0. The van der Waals surface area contributed by atoms with Gasteiger partial charge in [0.1, 0.15) is 0 Å². The predicted octanol–water partition coefficient (Wildman–Crippen LogP) is 0.394. The number of hydrogen-bond acceptors (Lipinski definition) is 0. The van der Waals surface area contributed by atoms with Gasteiger partial charge in [-0.1, -0.05) is 66.8 Å². The standard InChI is InChI=1S/9CH4.3FH.3HI.4K.5H3P.6H2S.2V.9Y.12H2.4H/h9*1H4;6*1H;;;;;5*1H3;6*1H2;;;;;;;;;;;;12*1H;;;;/q;;;;;;;;;;;;;;;4*+1;;;;;;;;;;;;;;;;;;;;;;;;;;;;;;;;;;;4*-1/i;;;;;;;;;;;;;;;;;;;;;;;;;;;;;;;;;;;;;;;;;11*1+2;1+1;;;;. The molecule has 32 heteroatoms. The Morgan fingerprint density at radius 3 is 0.268 bits per heavy atom. The molecular weight excluding hydrogens is 1950 g/mol. The van der Waals surface area contributed by atoms with E-state index in [1.165, 1.54) is 0 Å². The largest absolute Gasteiger partial charge is 1.00 e. The molecule has 277 valence electrons. The molecule has 0 N–H and O–H groups in total. The van der Waals surface area contributed by atoms with Crippen LogP contribution in [0, 0.1) is 0 Å². The Balaban J connectivity index is 0. The van der Waals surface area contributed by atoms with E-state index in [2.05, 4.69) is 0 Å². The van der Waals surface area contributed by atoms with Crippen molar-refractivity contribution in [2.24, 2.45) is 0 Å². The summed E-state index contributed by atoms with van der Waals surface area (Å²) < 4.78 is 0. The molecule has 0 aliphatic heterocycles. The fourth-order valence-electron chi connectivity index (χ4n) is 0. The van der Waals surface area contributed by atoms with E-state index >= 15 is 0 Å². The molecule has 41 heavy (non-hydrogen) atoms. The first-order valence-electron chi connectivity index (χ1n) is 0. The molecule has 0 nitrogen and oxygen atoms in total. The molecule has 0 spiro atoms. The Labute approximate surface area is 817 Å². The van der Waals surface area contributed by atoms with Crippen LogP contribution in [0.4, 0.5) is 14.1 Å². The van der Waals surface area contributed by atoms with E-state index in [4.69, 9.17) is 0 Å². The fourth-order valence-corrected chi connectivity index (χ4v) is 0. The molecule has 0 saturated heterocycles. The summed E-state index contributed by atoms with van der Waals surface area (Å²) in [7, 11) is 0. The maximum absolute atomic E-state index is 0. The summed E-state index contributed by atoms with van der Waals surface area (Å²) in [5.74, 6) is 0. The van der Waals surface area contributed by atoms with Crippen LogP contribution >= 0.6 is 202 Å². The molecule has 0 heterocycles. The number of halogens is 6. The van der Waals surface area contributed by atoms with E-state index in [0.717, 1.165) is 0 Å². The van der Waals surface area contributed by atoms with E-state index in [0.29, 0.717) is 0 Å². The van der Waals surface area contributed by atoms with Gasteiger partial charge in [0.05, 0.1) is 0 Å². The quantitative estimate of drug-likeness (QED) is 0.188. The molecule has 0 aromatic carbocycles. The van der Waals surface area contributed by atoms with Crippen molar-refractivity contribution in [3.63, 3.8) is 0 Å². The summed E-state index contributed by atoms with van der Waals surface area (Å²) in [6.45, 7) is 0. The second kappa shape index (κ2) is 443. The monoisotopic (exact) mass is 2070 g/mol. The fraction of sp³-hybridized carbons (Fsp3) is 1.00. The van der Waals surface area contributed by atoms with E-state index in [1.807, 2.05) is 0 Å². The molecule has 11 radical (unpaired) electrons. The SMILES string of the molecule is C.C.C.C.C.C.C.C.C.F.F.F.I.I.I.P.P.P.P.P.S.S.S.S.S.S.[2HH].[3HH].[3HH].[3HH].[3HH].[3HH].[3HH].[3HH].[3HH].[3HH].[3HH].[3HH].[H-].[H-].[H-].[H-].[K+].[K+].[K+].[K+].[V].[V].[Y].[Y].[Y].[Y].[Y].[Y].[Y].[Y].[Y]. The van der Waals surface area contributed by atoms with Crippen molar-refractivity contribution in [3.8, 4) is 0 Å². The maximum Gasteiger partial charge on any atom is 1.00 e. The summed E-state index contributed by atoms with van der Waals surface area (Å²) in [5.41, 5.74) is 0. The van der Waals surface area contributed by atoms with Crippen LogP contribution in [-0.4, -0.2) is 0 Å². The summed E-state index contributed by atoms with van der Waals surface area (Å²) in [4.78, 5) is 0. The molecule has 0 fully saturated rings. The summed E-state index contributed by atoms with van der Waals surface area (Å²) in [6, 6.07) is 0. The molecule has 5 atom stereocenters. The number of hydrogen-bond donors (Lipinski definition) is 0. The predicted molar refractivity (Wildman–Crippen MR) is 262 cm³/mol. The topological polar surface area (TPSA) is 0 Å². The van der Waals surface area contributed by atoms with Crippen molar-refractivity contribution in [1.82, 2.24) is 0 Å². The summed E-state index contributed by atoms with van der Waals surface area (Å²) >= 11 is 0. The molecule has 0 aliphatic carbocycles. The Hall–Kier alpha value is 23.9. The average molecular weight is 2070 g/mol. The van der Waals surface area contributed by atoms with Crippen LogP contribution in [0.1, 0.15) is 89.7 Å². The first-order chi connectivity index (χ1) is 0. The van der Waals surface area contributed by atoms with E-state index in [9.17, 15) is 0 Å². The normalized spacial score (nSPS) is 0. The van der Waals surface area contributed by atoms with Crippen molar-refractivity contribution in [2.75, 3.05) is 0 Å². The molecule has 0 aromatic heterocycles. The zero-order valence-corrected chi connectivity index (χ0v) is 80.0. The minimum Gasteiger partial charge on any atom is -1.00 e. The molecule has 5 unspecified atom stereocenters. The van der Waals surface area contributed by atoms with Crippen LogP contribution in [0.3, 0.4) is 0 Å². The van der Waals surface area contributed by atoms with Crippen molar-refractivity contribution in [3.05, 3.63) is 0 Å². The van der Waals surface area contributed by atoms with Gasteiger partial charge < -0.3 is 5.71 Å². The zero-order chi connectivity index (χ0) is 0.